The van der Waals surface area contributed by atoms with Gasteiger partial charge in [-0.05, 0) is 31.2 Å². The second kappa shape index (κ2) is 5.64. The molecule has 4 aromatic rings. The van der Waals surface area contributed by atoms with E-state index in [-0.39, 0.29) is 11.4 Å². The molecular weight excluding hydrogens is 329 g/mol. The third kappa shape index (κ3) is 2.23. The second-order valence-corrected chi connectivity index (χ2v) is 6.11. The molecule has 0 unspecified atom stereocenters. The van der Waals surface area contributed by atoms with Crippen LogP contribution in [-0.4, -0.2) is 26.1 Å². The van der Waals surface area contributed by atoms with E-state index in [1.807, 2.05) is 6.92 Å². The van der Waals surface area contributed by atoms with Crippen LogP contribution in [0.15, 0.2) is 41.7 Å². The predicted octanol–water partition coefficient (Wildman–Crippen LogP) is 2.96. The van der Waals surface area contributed by atoms with Crippen LogP contribution in [0.25, 0.3) is 26.1 Å². The summed E-state index contributed by atoms with van der Waals surface area (Å²) < 4.78 is 15.0. The lowest BCUT2D eigenvalue weighted by Crippen LogP contribution is -2.17. The van der Waals surface area contributed by atoms with Gasteiger partial charge in [0, 0.05) is 6.54 Å². The lowest BCUT2D eigenvalue weighted by atomic mass is 10.3. The first kappa shape index (κ1) is 14.7. The molecule has 0 fully saturated rings. The van der Waals surface area contributed by atoms with Crippen molar-refractivity contribution in [2.45, 2.75) is 6.92 Å². The Balaban J connectivity index is 2.00. The molecule has 0 aliphatic heterocycles. The first-order chi connectivity index (χ1) is 11.7. The van der Waals surface area contributed by atoms with E-state index in [9.17, 15) is 9.18 Å². The Morgan fingerprint density at radius 2 is 2.00 bits per heavy atom. The number of hydrogen-bond donors (Lipinski definition) is 1. The molecule has 0 bridgehead atoms. The summed E-state index contributed by atoms with van der Waals surface area (Å²) in [5.41, 5.74) is 0.929. The highest BCUT2D eigenvalue weighted by Crippen LogP contribution is 2.32. The van der Waals surface area contributed by atoms with Crippen molar-refractivity contribution in [1.82, 2.24) is 19.5 Å². The largest absolute Gasteiger partial charge is 0.370 e. The van der Waals surface area contributed by atoms with Gasteiger partial charge < -0.3 is 5.32 Å². The molecule has 3 aromatic heterocycles. The molecule has 0 atom stereocenters. The number of nitrogens with one attached hydrogen (secondary N) is 1. The number of anilines is 1. The van der Waals surface area contributed by atoms with Crippen LogP contribution in [0.1, 0.15) is 6.92 Å². The molecule has 1 N–H and O–H groups in total. The van der Waals surface area contributed by atoms with Gasteiger partial charge in [-0.1, -0.05) is 0 Å². The van der Waals surface area contributed by atoms with Gasteiger partial charge in [0.25, 0.3) is 5.56 Å². The van der Waals surface area contributed by atoms with E-state index in [1.54, 1.807) is 12.1 Å². The standard InChI is InChI=1S/C16H12FN5OS/c1-2-18-14-11-12-13(24-15(11)20-7-19-14)16(23)22(8-21-12)10-5-3-9(17)4-6-10/h3-8H,2H2,1H3,(H,18,19,20). The van der Waals surface area contributed by atoms with E-state index in [4.69, 9.17) is 0 Å². The molecule has 8 heteroatoms. The topological polar surface area (TPSA) is 72.7 Å². The molecule has 0 aliphatic rings. The highest BCUT2D eigenvalue weighted by Gasteiger charge is 2.16. The highest BCUT2D eigenvalue weighted by atomic mass is 32.1. The van der Waals surface area contributed by atoms with Crippen molar-refractivity contribution in [2.24, 2.45) is 0 Å². The summed E-state index contributed by atoms with van der Waals surface area (Å²) in [6.45, 7) is 2.67. The number of aromatic nitrogens is 4. The minimum absolute atomic E-state index is 0.211. The van der Waals surface area contributed by atoms with Crippen molar-refractivity contribution in [2.75, 3.05) is 11.9 Å². The van der Waals surface area contributed by atoms with Crippen LogP contribution in [0.3, 0.4) is 0 Å². The fourth-order valence-electron chi connectivity index (χ4n) is 2.55. The summed E-state index contributed by atoms with van der Waals surface area (Å²) in [6.07, 6.45) is 2.92. The number of halogens is 1. The second-order valence-electron chi connectivity index (χ2n) is 5.11. The van der Waals surface area contributed by atoms with Crippen molar-refractivity contribution >= 4 is 37.6 Å². The van der Waals surface area contributed by atoms with Gasteiger partial charge >= 0.3 is 0 Å². The maximum absolute atomic E-state index is 13.1. The molecule has 6 nitrogen and oxygen atoms in total. The molecular formula is C16H12FN5OS. The number of hydrogen-bond acceptors (Lipinski definition) is 6. The van der Waals surface area contributed by atoms with E-state index >= 15 is 0 Å². The number of benzene rings is 1. The van der Waals surface area contributed by atoms with Gasteiger partial charge in [-0.15, -0.1) is 11.3 Å². The monoisotopic (exact) mass is 341 g/mol. The Morgan fingerprint density at radius 1 is 1.21 bits per heavy atom. The average Bonchev–Trinajstić information content (AvgIpc) is 2.97. The quantitative estimate of drug-likeness (QED) is 0.620. The maximum atomic E-state index is 13.1. The van der Waals surface area contributed by atoms with Crippen molar-refractivity contribution in [3.63, 3.8) is 0 Å². The van der Waals surface area contributed by atoms with Crippen LogP contribution in [-0.2, 0) is 0 Å². The Labute approximate surface area is 139 Å². The minimum Gasteiger partial charge on any atom is -0.370 e. The van der Waals surface area contributed by atoms with Gasteiger partial charge in [0.05, 0.1) is 11.1 Å². The zero-order valence-corrected chi connectivity index (χ0v) is 13.5. The van der Waals surface area contributed by atoms with Crippen molar-refractivity contribution < 1.29 is 4.39 Å². The summed E-state index contributed by atoms with van der Waals surface area (Å²) in [7, 11) is 0. The Bertz CT molecular complexity index is 1100. The zero-order valence-electron chi connectivity index (χ0n) is 12.7. The number of nitrogens with zero attached hydrogens (tertiary/aromatic N) is 4. The molecule has 0 radical (unpaired) electrons. The molecule has 4 rings (SSSR count). The van der Waals surface area contributed by atoms with Crippen molar-refractivity contribution in [3.05, 3.63) is 53.1 Å². The van der Waals surface area contributed by atoms with Gasteiger partial charge in [0.15, 0.2) is 0 Å². The Morgan fingerprint density at radius 3 is 2.75 bits per heavy atom. The van der Waals surface area contributed by atoms with Gasteiger partial charge in [-0.2, -0.15) is 0 Å². The SMILES string of the molecule is CCNc1ncnc2sc3c(=O)n(-c4ccc(F)cc4)cnc3c12. The molecule has 1 aromatic carbocycles. The van der Waals surface area contributed by atoms with Crippen LogP contribution in [0.2, 0.25) is 0 Å². The molecule has 0 amide bonds. The Hall–Kier alpha value is -2.87. The smallest absolute Gasteiger partial charge is 0.275 e. The van der Waals surface area contributed by atoms with E-state index in [1.165, 1.54) is 40.7 Å². The van der Waals surface area contributed by atoms with Crippen molar-refractivity contribution in [3.8, 4) is 5.69 Å². The Kier molecular flexibility index (Phi) is 3.46. The predicted molar refractivity (Wildman–Crippen MR) is 92.4 cm³/mol. The van der Waals surface area contributed by atoms with Crippen molar-refractivity contribution in [1.29, 1.82) is 0 Å². The van der Waals surface area contributed by atoms with E-state index in [0.717, 1.165) is 5.39 Å². The van der Waals surface area contributed by atoms with Crippen LogP contribution >= 0.6 is 11.3 Å². The number of thiophene rings is 1. The number of fused-ring (bicyclic) bond motifs is 3. The molecule has 0 saturated carbocycles. The average molecular weight is 341 g/mol. The molecule has 120 valence electrons. The van der Waals surface area contributed by atoms with Gasteiger partial charge in [0.2, 0.25) is 0 Å². The summed E-state index contributed by atoms with van der Waals surface area (Å²) in [5, 5.41) is 3.92. The van der Waals surface area contributed by atoms with Crippen LogP contribution < -0.4 is 10.9 Å². The fraction of sp³-hybridized carbons (Fsp3) is 0.125. The molecule has 3 heterocycles. The van der Waals surface area contributed by atoms with Crippen LogP contribution in [0.4, 0.5) is 10.2 Å². The minimum atomic E-state index is -0.353. The third-order valence-electron chi connectivity index (χ3n) is 3.63. The van der Waals surface area contributed by atoms with Crippen LogP contribution in [0.5, 0.6) is 0 Å². The lowest BCUT2D eigenvalue weighted by molar-refractivity contribution is 0.627. The van der Waals surface area contributed by atoms with Crippen LogP contribution in [0, 0.1) is 5.82 Å². The molecule has 0 saturated heterocycles. The first-order valence-electron chi connectivity index (χ1n) is 7.33. The normalized spacial score (nSPS) is 11.2. The number of rotatable bonds is 3. The highest BCUT2D eigenvalue weighted by molar-refractivity contribution is 7.25. The van der Waals surface area contributed by atoms with E-state index in [2.05, 4.69) is 20.3 Å². The first-order valence-corrected chi connectivity index (χ1v) is 8.15. The molecule has 0 spiro atoms. The van der Waals surface area contributed by atoms with Gasteiger partial charge in [-0.25, -0.2) is 19.3 Å². The summed E-state index contributed by atoms with van der Waals surface area (Å²) >= 11 is 1.28. The zero-order chi connectivity index (χ0) is 16.7. The lowest BCUT2D eigenvalue weighted by Gasteiger charge is -2.05. The van der Waals surface area contributed by atoms with Gasteiger partial charge in [-0.3, -0.25) is 9.36 Å². The summed E-state index contributed by atoms with van der Waals surface area (Å²) in [5.74, 6) is 0.313. The van der Waals surface area contributed by atoms with Gasteiger partial charge in [0.1, 0.15) is 39.3 Å². The summed E-state index contributed by atoms with van der Waals surface area (Å²) in [4.78, 5) is 26.4. The fourth-order valence-corrected chi connectivity index (χ4v) is 3.58. The third-order valence-corrected chi connectivity index (χ3v) is 4.70. The molecule has 24 heavy (non-hydrogen) atoms. The maximum Gasteiger partial charge on any atom is 0.275 e. The molecule has 0 aliphatic carbocycles. The summed E-state index contributed by atoms with van der Waals surface area (Å²) in [6, 6.07) is 5.71. The van der Waals surface area contributed by atoms with E-state index in [0.29, 0.717) is 33.1 Å². The van der Waals surface area contributed by atoms with E-state index < -0.39 is 0 Å².